The van der Waals surface area contributed by atoms with Gasteiger partial charge < -0.3 is 0 Å². The Morgan fingerprint density at radius 1 is 0.944 bits per heavy atom. The molecule has 0 aliphatic carbocycles. The molecule has 90 valence electrons. The average Bonchev–Trinajstić information content (AvgIpc) is 2.67. The van der Waals surface area contributed by atoms with E-state index in [4.69, 9.17) is 23.2 Å². The zero-order chi connectivity index (χ0) is 12.7. The fourth-order valence-corrected chi connectivity index (χ4v) is 2.60. The molecule has 0 saturated heterocycles. The van der Waals surface area contributed by atoms with Gasteiger partial charge in [0.15, 0.2) is 0 Å². The molecule has 0 saturated carbocycles. The number of halogens is 3. The highest BCUT2D eigenvalue weighted by Gasteiger charge is 2.11. The van der Waals surface area contributed by atoms with Crippen LogP contribution in [0.15, 0.2) is 47.2 Å². The summed E-state index contributed by atoms with van der Waals surface area (Å²) in [4.78, 5) is 4.51. The second-order valence-electron chi connectivity index (χ2n) is 3.84. The number of rotatable bonds is 1. The van der Waals surface area contributed by atoms with Gasteiger partial charge >= 0.3 is 0 Å². The molecule has 3 aromatic rings. The van der Waals surface area contributed by atoms with Gasteiger partial charge in [0.1, 0.15) is 10.4 Å². The molecule has 0 fully saturated rings. The Labute approximate surface area is 122 Å². The van der Waals surface area contributed by atoms with E-state index in [1.54, 1.807) is 0 Å². The molecule has 5 heteroatoms. The zero-order valence-corrected chi connectivity index (χ0v) is 12.2. The third kappa shape index (κ3) is 2.03. The molecule has 0 unspecified atom stereocenters. The van der Waals surface area contributed by atoms with Crippen LogP contribution in [0, 0.1) is 0 Å². The molecular formula is C13H7BrCl2N2. The van der Waals surface area contributed by atoms with E-state index in [1.165, 1.54) is 0 Å². The Balaban J connectivity index is 2.28. The number of fused-ring (bicyclic) bond motifs is 1. The smallest absolute Gasteiger partial charge is 0.145 e. The lowest BCUT2D eigenvalue weighted by Crippen LogP contribution is -1.88. The van der Waals surface area contributed by atoms with Crippen molar-refractivity contribution < 1.29 is 0 Å². The average molecular weight is 342 g/mol. The number of pyridine rings is 1. The Hall–Kier alpha value is -1.03. The molecule has 0 atom stereocenters. The van der Waals surface area contributed by atoms with Crippen molar-refractivity contribution >= 4 is 44.6 Å². The molecule has 2 heterocycles. The van der Waals surface area contributed by atoms with Gasteiger partial charge in [0, 0.05) is 16.8 Å². The highest BCUT2D eigenvalue weighted by atomic mass is 79.9. The van der Waals surface area contributed by atoms with E-state index >= 15 is 0 Å². The van der Waals surface area contributed by atoms with Crippen molar-refractivity contribution in [3.8, 4) is 11.4 Å². The van der Waals surface area contributed by atoms with Crippen molar-refractivity contribution in [2.75, 3.05) is 0 Å². The monoisotopic (exact) mass is 340 g/mol. The maximum absolute atomic E-state index is 6.03. The summed E-state index contributed by atoms with van der Waals surface area (Å²) in [6, 6.07) is 11.3. The molecule has 18 heavy (non-hydrogen) atoms. The number of nitrogens with zero attached hydrogens (tertiary/aromatic N) is 2. The van der Waals surface area contributed by atoms with Gasteiger partial charge in [0.25, 0.3) is 0 Å². The molecule has 2 nitrogen and oxygen atoms in total. The SMILES string of the molecule is Clc1ccc(-c2nc(Br)c3ccc(Cl)cn23)cc1. The van der Waals surface area contributed by atoms with Crippen LogP contribution in [0.2, 0.25) is 10.0 Å². The van der Waals surface area contributed by atoms with Gasteiger partial charge in [-0.1, -0.05) is 23.2 Å². The second kappa shape index (κ2) is 4.57. The van der Waals surface area contributed by atoms with Crippen LogP contribution in [0.4, 0.5) is 0 Å². The minimum atomic E-state index is 0.669. The Kier molecular flexibility index (Phi) is 3.06. The number of aromatic nitrogens is 2. The van der Waals surface area contributed by atoms with Crippen LogP contribution in [0.1, 0.15) is 0 Å². The summed E-state index contributed by atoms with van der Waals surface area (Å²) in [7, 11) is 0. The lowest BCUT2D eigenvalue weighted by atomic mass is 10.2. The normalized spacial score (nSPS) is 11.1. The van der Waals surface area contributed by atoms with Gasteiger partial charge in [-0.3, -0.25) is 4.40 Å². The van der Waals surface area contributed by atoms with Gasteiger partial charge in [-0.25, -0.2) is 4.98 Å². The minimum Gasteiger partial charge on any atom is -0.297 e. The van der Waals surface area contributed by atoms with Gasteiger partial charge in [-0.2, -0.15) is 0 Å². The summed E-state index contributed by atoms with van der Waals surface area (Å²) in [5.41, 5.74) is 1.96. The molecule has 0 spiro atoms. The molecule has 2 aromatic heterocycles. The van der Waals surface area contributed by atoms with E-state index in [2.05, 4.69) is 20.9 Å². The molecule has 0 N–H and O–H groups in total. The lowest BCUT2D eigenvalue weighted by Gasteiger charge is -2.02. The van der Waals surface area contributed by atoms with Crippen LogP contribution in [-0.2, 0) is 0 Å². The molecule has 0 radical (unpaired) electrons. The van der Waals surface area contributed by atoms with Gasteiger partial charge in [0.2, 0.25) is 0 Å². The van der Waals surface area contributed by atoms with Crippen LogP contribution in [0.25, 0.3) is 16.9 Å². The van der Waals surface area contributed by atoms with Gasteiger partial charge in [0.05, 0.1) is 10.5 Å². The van der Waals surface area contributed by atoms with E-state index in [-0.39, 0.29) is 0 Å². The Morgan fingerprint density at radius 2 is 1.61 bits per heavy atom. The summed E-state index contributed by atoms with van der Waals surface area (Å²) in [5.74, 6) is 0.830. The predicted octanol–water partition coefficient (Wildman–Crippen LogP) is 5.07. The molecular weight excluding hydrogens is 335 g/mol. The molecule has 0 amide bonds. The van der Waals surface area contributed by atoms with Crippen LogP contribution < -0.4 is 0 Å². The zero-order valence-electron chi connectivity index (χ0n) is 9.07. The maximum atomic E-state index is 6.03. The third-order valence-corrected chi connectivity index (χ3v) is 3.72. The van der Waals surface area contributed by atoms with Crippen LogP contribution in [0.5, 0.6) is 0 Å². The fraction of sp³-hybridized carbons (Fsp3) is 0. The molecule has 0 bridgehead atoms. The molecule has 3 rings (SSSR count). The standard InChI is InChI=1S/C13H7BrCl2N2/c14-12-11-6-5-10(16)7-18(11)13(17-12)8-1-3-9(15)4-2-8/h1-7H. The van der Waals surface area contributed by atoms with Crippen LogP contribution >= 0.6 is 39.1 Å². The largest absolute Gasteiger partial charge is 0.297 e. The summed E-state index contributed by atoms with van der Waals surface area (Å²) in [6.07, 6.45) is 1.85. The van der Waals surface area contributed by atoms with Crippen molar-refractivity contribution in [1.82, 2.24) is 9.38 Å². The van der Waals surface area contributed by atoms with E-state index < -0.39 is 0 Å². The quantitative estimate of drug-likeness (QED) is 0.604. The summed E-state index contributed by atoms with van der Waals surface area (Å²) in [6.45, 7) is 0. The van der Waals surface area contributed by atoms with E-state index in [9.17, 15) is 0 Å². The first-order chi connectivity index (χ1) is 8.65. The molecule has 0 aliphatic rings. The summed E-state index contributed by atoms with van der Waals surface area (Å²) in [5, 5.41) is 1.37. The van der Waals surface area contributed by atoms with Crippen LogP contribution in [-0.4, -0.2) is 9.38 Å². The first-order valence-electron chi connectivity index (χ1n) is 5.24. The highest BCUT2D eigenvalue weighted by molar-refractivity contribution is 9.10. The first-order valence-corrected chi connectivity index (χ1v) is 6.79. The summed E-state index contributed by atoms with van der Waals surface area (Å²) >= 11 is 15.4. The second-order valence-corrected chi connectivity index (χ2v) is 5.46. The number of hydrogen-bond acceptors (Lipinski definition) is 1. The molecule has 1 aromatic carbocycles. The summed E-state index contributed by atoms with van der Waals surface area (Å²) < 4.78 is 2.75. The van der Waals surface area contributed by atoms with Crippen molar-refractivity contribution in [2.45, 2.75) is 0 Å². The minimum absolute atomic E-state index is 0.669. The van der Waals surface area contributed by atoms with E-state index in [0.29, 0.717) is 10.0 Å². The van der Waals surface area contributed by atoms with Gasteiger partial charge in [-0.05, 0) is 52.3 Å². The number of benzene rings is 1. The lowest BCUT2D eigenvalue weighted by molar-refractivity contribution is 1.16. The van der Waals surface area contributed by atoms with Crippen molar-refractivity contribution in [2.24, 2.45) is 0 Å². The van der Waals surface area contributed by atoms with Crippen molar-refractivity contribution in [3.63, 3.8) is 0 Å². The van der Waals surface area contributed by atoms with Gasteiger partial charge in [-0.15, -0.1) is 0 Å². The Bertz CT molecular complexity index is 720. The number of imidazole rings is 1. The molecule has 0 aliphatic heterocycles. The van der Waals surface area contributed by atoms with Crippen molar-refractivity contribution in [1.29, 1.82) is 0 Å². The van der Waals surface area contributed by atoms with Crippen molar-refractivity contribution in [3.05, 3.63) is 57.2 Å². The Morgan fingerprint density at radius 3 is 2.33 bits per heavy atom. The van der Waals surface area contributed by atoms with E-state index in [0.717, 1.165) is 21.5 Å². The maximum Gasteiger partial charge on any atom is 0.145 e. The third-order valence-electron chi connectivity index (χ3n) is 2.66. The highest BCUT2D eigenvalue weighted by Crippen LogP contribution is 2.28. The van der Waals surface area contributed by atoms with E-state index in [1.807, 2.05) is 47.0 Å². The predicted molar refractivity (Wildman–Crippen MR) is 78.3 cm³/mol. The topological polar surface area (TPSA) is 17.3 Å². The fourth-order valence-electron chi connectivity index (χ4n) is 1.82. The van der Waals surface area contributed by atoms with Crippen LogP contribution in [0.3, 0.4) is 0 Å². The first kappa shape index (κ1) is 12.0. The number of hydrogen-bond donors (Lipinski definition) is 0.